The van der Waals surface area contributed by atoms with Crippen molar-refractivity contribution in [3.8, 4) is 22.5 Å². The molecule has 8 aromatic rings. The Hall–Kier alpha value is -4.83. The van der Waals surface area contributed by atoms with Crippen LogP contribution in [0.5, 0.6) is 0 Å². The van der Waals surface area contributed by atoms with E-state index < -0.39 is 0 Å². The van der Waals surface area contributed by atoms with Gasteiger partial charge in [0.1, 0.15) is 22.8 Å². The average Bonchev–Trinajstić information content (AvgIpc) is 3.37. The first kappa shape index (κ1) is 27.7. The monoisotopic (exact) mass is 587 g/mol. The van der Waals surface area contributed by atoms with Crippen molar-refractivity contribution in [3.05, 3.63) is 102 Å². The van der Waals surface area contributed by atoms with Gasteiger partial charge in [0.15, 0.2) is 5.82 Å². The summed E-state index contributed by atoms with van der Waals surface area (Å²) in [5.74, 6) is 2.34. The van der Waals surface area contributed by atoms with Crippen molar-refractivity contribution in [2.45, 2.75) is 66.2 Å². The summed E-state index contributed by atoms with van der Waals surface area (Å²) in [6, 6.07) is 28.6. The number of benzene rings is 6. The maximum absolute atomic E-state index is 6.59. The molecule has 222 valence electrons. The molecule has 8 rings (SSSR count). The van der Waals surface area contributed by atoms with Crippen molar-refractivity contribution < 1.29 is 4.42 Å². The van der Waals surface area contributed by atoms with E-state index in [-0.39, 0.29) is 10.8 Å². The first-order valence-corrected chi connectivity index (χ1v) is 15.8. The predicted molar refractivity (Wildman–Crippen MR) is 189 cm³/mol. The number of aromatic nitrogens is 3. The number of para-hydroxylation sites is 1. The first-order chi connectivity index (χ1) is 21.4. The smallest absolute Gasteiger partial charge is 0.164 e. The van der Waals surface area contributed by atoms with Crippen molar-refractivity contribution in [1.82, 2.24) is 15.0 Å². The third-order valence-electron chi connectivity index (χ3n) is 9.21. The number of hydrogen-bond acceptors (Lipinski definition) is 4. The molecular formula is C41H37N3O. The van der Waals surface area contributed by atoms with Gasteiger partial charge in [-0.25, -0.2) is 15.0 Å². The van der Waals surface area contributed by atoms with Crippen LogP contribution in [-0.2, 0) is 10.8 Å². The summed E-state index contributed by atoms with van der Waals surface area (Å²) in [6.45, 7) is 17.4. The van der Waals surface area contributed by atoms with Gasteiger partial charge in [-0.05, 0) is 88.0 Å². The molecule has 2 heterocycles. The maximum atomic E-state index is 6.59. The summed E-state index contributed by atoms with van der Waals surface area (Å²) in [7, 11) is 0. The molecular weight excluding hydrogens is 550 g/mol. The molecule has 0 unspecified atom stereocenters. The van der Waals surface area contributed by atoms with E-state index in [4.69, 9.17) is 19.4 Å². The van der Waals surface area contributed by atoms with E-state index in [0.717, 1.165) is 55.7 Å². The highest BCUT2D eigenvalue weighted by Gasteiger charge is 2.27. The van der Waals surface area contributed by atoms with Gasteiger partial charge in [0.2, 0.25) is 0 Å². The van der Waals surface area contributed by atoms with E-state index in [1.807, 2.05) is 6.07 Å². The summed E-state index contributed by atoms with van der Waals surface area (Å²) in [5, 5.41) is 9.41. The molecule has 6 aromatic carbocycles. The fraction of sp³-hybridized carbons (Fsp3) is 0.244. The highest BCUT2D eigenvalue weighted by molar-refractivity contribution is 6.34. The van der Waals surface area contributed by atoms with E-state index >= 15 is 0 Å². The lowest BCUT2D eigenvalue weighted by atomic mass is 9.84. The van der Waals surface area contributed by atoms with Crippen LogP contribution in [0.3, 0.4) is 0 Å². The molecule has 0 aliphatic rings. The molecule has 0 amide bonds. The lowest BCUT2D eigenvalue weighted by Gasteiger charge is -2.23. The SMILES string of the molecule is Cc1cccc(C)c1-c1cc2ccc(-c3nc(C(C)(C)C)nc(C(C)(C)C)n3)c3ccc4c5oc6ccccc6c5cc1c4c23. The molecule has 4 heteroatoms. The Bertz CT molecular complexity index is 2420. The zero-order valence-corrected chi connectivity index (χ0v) is 27.3. The van der Waals surface area contributed by atoms with Crippen LogP contribution in [0.4, 0.5) is 0 Å². The lowest BCUT2D eigenvalue weighted by Crippen LogP contribution is -2.24. The van der Waals surface area contributed by atoms with Gasteiger partial charge in [0.05, 0.1) is 0 Å². The van der Waals surface area contributed by atoms with Gasteiger partial charge in [0.25, 0.3) is 0 Å². The summed E-state index contributed by atoms with van der Waals surface area (Å²) in [6.07, 6.45) is 0. The molecule has 0 radical (unpaired) electrons. The van der Waals surface area contributed by atoms with Crippen LogP contribution in [0.25, 0.3) is 76.8 Å². The van der Waals surface area contributed by atoms with E-state index in [9.17, 15) is 0 Å². The van der Waals surface area contributed by atoms with E-state index in [1.54, 1.807) is 0 Å². The fourth-order valence-corrected chi connectivity index (χ4v) is 6.94. The molecule has 0 saturated carbocycles. The normalized spacial score (nSPS) is 12.9. The van der Waals surface area contributed by atoms with Crippen molar-refractivity contribution in [1.29, 1.82) is 0 Å². The second kappa shape index (κ2) is 9.34. The van der Waals surface area contributed by atoms with E-state index in [1.165, 1.54) is 43.8 Å². The summed E-state index contributed by atoms with van der Waals surface area (Å²) in [5.41, 5.74) is 7.52. The van der Waals surface area contributed by atoms with E-state index in [2.05, 4.69) is 128 Å². The summed E-state index contributed by atoms with van der Waals surface area (Å²) < 4.78 is 6.59. The second-order valence-electron chi connectivity index (χ2n) is 14.6. The van der Waals surface area contributed by atoms with Crippen molar-refractivity contribution in [2.24, 2.45) is 0 Å². The molecule has 0 atom stereocenters. The molecule has 0 N–H and O–H groups in total. The Morgan fingerprint density at radius 3 is 1.89 bits per heavy atom. The molecule has 0 fully saturated rings. The van der Waals surface area contributed by atoms with Crippen LogP contribution < -0.4 is 0 Å². The van der Waals surface area contributed by atoms with E-state index in [0.29, 0.717) is 0 Å². The number of rotatable bonds is 2. The van der Waals surface area contributed by atoms with Crippen LogP contribution >= 0.6 is 0 Å². The highest BCUT2D eigenvalue weighted by atomic mass is 16.3. The minimum atomic E-state index is -0.214. The first-order valence-electron chi connectivity index (χ1n) is 15.8. The minimum absolute atomic E-state index is 0.214. The maximum Gasteiger partial charge on any atom is 0.164 e. The van der Waals surface area contributed by atoms with Crippen molar-refractivity contribution >= 4 is 54.3 Å². The number of nitrogens with zero attached hydrogens (tertiary/aromatic N) is 3. The Morgan fingerprint density at radius 1 is 0.533 bits per heavy atom. The Morgan fingerprint density at radius 2 is 1.20 bits per heavy atom. The Labute approximate surface area is 263 Å². The van der Waals surface area contributed by atoms with Crippen LogP contribution in [-0.4, -0.2) is 15.0 Å². The largest absolute Gasteiger partial charge is 0.455 e. The van der Waals surface area contributed by atoms with Gasteiger partial charge < -0.3 is 4.42 Å². The second-order valence-corrected chi connectivity index (χ2v) is 14.6. The van der Waals surface area contributed by atoms with Gasteiger partial charge in [-0.15, -0.1) is 0 Å². The fourth-order valence-electron chi connectivity index (χ4n) is 6.94. The molecule has 0 spiro atoms. The van der Waals surface area contributed by atoms with Crippen LogP contribution in [0.1, 0.15) is 64.3 Å². The molecule has 0 saturated heterocycles. The zero-order valence-electron chi connectivity index (χ0n) is 27.3. The summed E-state index contributed by atoms with van der Waals surface area (Å²) >= 11 is 0. The van der Waals surface area contributed by atoms with Gasteiger partial charge >= 0.3 is 0 Å². The van der Waals surface area contributed by atoms with Crippen LogP contribution in [0, 0.1) is 13.8 Å². The van der Waals surface area contributed by atoms with Crippen molar-refractivity contribution in [3.63, 3.8) is 0 Å². The third-order valence-corrected chi connectivity index (χ3v) is 9.21. The quantitative estimate of drug-likeness (QED) is 0.189. The number of fused-ring (bicyclic) bond motifs is 4. The van der Waals surface area contributed by atoms with Crippen LogP contribution in [0.2, 0.25) is 0 Å². The molecule has 2 aromatic heterocycles. The van der Waals surface area contributed by atoms with Gasteiger partial charge in [-0.2, -0.15) is 0 Å². The minimum Gasteiger partial charge on any atom is -0.455 e. The molecule has 0 aliphatic carbocycles. The van der Waals surface area contributed by atoms with Gasteiger partial charge in [-0.3, -0.25) is 0 Å². The Balaban J connectivity index is 1.54. The van der Waals surface area contributed by atoms with Gasteiger partial charge in [-0.1, -0.05) is 90.1 Å². The van der Waals surface area contributed by atoms with Crippen molar-refractivity contribution in [2.75, 3.05) is 0 Å². The Kier molecular flexibility index (Phi) is 5.75. The molecule has 0 aliphatic heterocycles. The third kappa shape index (κ3) is 4.15. The highest BCUT2D eigenvalue weighted by Crippen LogP contribution is 2.47. The molecule has 0 bridgehead atoms. The van der Waals surface area contributed by atoms with Crippen LogP contribution in [0.15, 0.2) is 83.3 Å². The summed E-state index contributed by atoms with van der Waals surface area (Å²) in [4.78, 5) is 15.1. The predicted octanol–water partition coefficient (Wildman–Crippen LogP) is 11.2. The topological polar surface area (TPSA) is 51.8 Å². The zero-order chi connectivity index (χ0) is 31.4. The molecule has 4 nitrogen and oxygen atoms in total. The number of aryl methyl sites for hydroxylation is 2. The number of furan rings is 1. The average molecular weight is 588 g/mol. The van der Waals surface area contributed by atoms with Gasteiger partial charge in [0, 0.05) is 37.9 Å². The lowest BCUT2D eigenvalue weighted by molar-refractivity contribution is 0.497. The standard InChI is InChI=1S/C41H37N3O/c1-22-12-11-13-23(2)33(22)29-20-24-16-17-27(37-42-38(40(3,4)5)44-39(43-37)41(6,7)8)26-18-19-28-35(34(24)26)30(29)21-31-25-14-9-10-15-32(25)45-36(28)31/h9-21H,1-8H3. The molecule has 45 heavy (non-hydrogen) atoms. The number of hydrogen-bond donors (Lipinski definition) is 0.